The van der Waals surface area contributed by atoms with Gasteiger partial charge in [-0.1, -0.05) is 25.0 Å². The number of nitrogens with zero attached hydrogens (tertiary/aromatic N) is 3. The molecule has 0 aliphatic carbocycles. The molecule has 1 aromatic heterocycles. The molecule has 2 rings (SSSR count). The Balaban J connectivity index is 1.77. The van der Waals surface area contributed by atoms with Crippen LogP contribution in [0.15, 0.2) is 6.20 Å². The van der Waals surface area contributed by atoms with Crippen LogP contribution in [0.4, 0.5) is 0 Å². The van der Waals surface area contributed by atoms with Crippen molar-refractivity contribution in [2.24, 2.45) is 0 Å². The summed E-state index contributed by atoms with van der Waals surface area (Å²) in [5.74, 6) is -0.766. The molecule has 0 radical (unpaired) electrons. The monoisotopic (exact) mass is 410 g/mol. The fourth-order valence-electron chi connectivity index (χ4n) is 2.99. The Kier molecular flexibility index (Phi) is 9.00. The van der Waals surface area contributed by atoms with Crippen molar-refractivity contribution in [1.82, 2.24) is 30.9 Å². The summed E-state index contributed by atoms with van der Waals surface area (Å²) >= 11 is 0. The zero-order valence-electron chi connectivity index (χ0n) is 16.8. The molecular weight excluding hydrogens is 380 g/mol. The lowest BCUT2D eigenvalue weighted by atomic mass is 9.98. The summed E-state index contributed by atoms with van der Waals surface area (Å²) in [5, 5.41) is 24.8. The Labute approximate surface area is 169 Å². The number of unbranched alkanes of at least 4 members (excludes halogenated alkanes) is 2. The van der Waals surface area contributed by atoms with Gasteiger partial charge in [0.25, 0.3) is 0 Å². The van der Waals surface area contributed by atoms with Gasteiger partial charge < -0.3 is 25.8 Å². The second-order valence-corrected chi connectivity index (χ2v) is 7.21. The third kappa shape index (κ3) is 7.78. The van der Waals surface area contributed by atoms with E-state index in [1.54, 1.807) is 0 Å². The Morgan fingerprint density at radius 2 is 2.07 bits per heavy atom. The van der Waals surface area contributed by atoms with Crippen molar-refractivity contribution in [2.75, 3.05) is 26.3 Å². The first-order valence-corrected chi connectivity index (χ1v) is 9.88. The Morgan fingerprint density at radius 3 is 2.72 bits per heavy atom. The number of hydrogen-bond donors (Lipinski definition) is 4. The van der Waals surface area contributed by atoms with E-state index >= 15 is 0 Å². The van der Waals surface area contributed by atoms with E-state index in [9.17, 15) is 14.4 Å². The molecule has 3 amide bonds. The highest BCUT2D eigenvalue weighted by atomic mass is 16.5. The van der Waals surface area contributed by atoms with Crippen molar-refractivity contribution >= 4 is 17.7 Å². The second kappa shape index (κ2) is 11.5. The first-order valence-electron chi connectivity index (χ1n) is 9.88. The normalized spacial score (nSPS) is 18.4. The fraction of sp³-hybridized carbons (Fsp3) is 0.722. The van der Waals surface area contributed by atoms with E-state index in [4.69, 9.17) is 9.84 Å². The van der Waals surface area contributed by atoms with E-state index < -0.39 is 5.54 Å². The van der Waals surface area contributed by atoms with Crippen LogP contribution in [0.1, 0.15) is 44.7 Å². The number of rotatable bonds is 12. The minimum absolute atomic E-state index is 0.0590. The zero-order chi connectivity index (χ0) is 21.1. The van der Waals surface area contributed by atoms with Gasteiger partial charge in [-0.3, -0.25) is 14.4 Å². The van der Waals surface area contributed by atoms with Crippen LogP contribution in [-0.4, -0.2) is 69.7 Å². The SMILES string of the molecule is CCCCCC(=O)NCC(=O)NCC1(NC(=O)Cn2cc(CO)nn2)CCOC1. The van der Waals surface area contributed by atoms with Gasteiger partial charge in [0.15, 0.2) is 0 Å². The van der Waals surface area contributed by atoms with Crippen molar-refractivity contribution in [3.63, 3.8) is 0 Å². The highest BCUT2D eigenvalue weighted by Crippen LogP contribution is 2.18. The smallest absolute Gasteiger partial charge is 0.242 e. The van der Waals surface area contributed by atoms with Crippen LogP contribution in [0, 0.1) is 0 Å². The fourth-order valence-corrected chi connectivity index (χ4v) is 2.99. The molecule has 4 N–H and O–H groups in total. The lowest BCUT2D eigenvalue weighted by Gasteiger charge is -2.29. The highest BCUT2D eigenvalue weighted by molar-refractivity contribution is 5.84. The topological polar surface area (TPSA) is 147 Å². The quantitative estimate of drug-likeness (QED) is 0.318. The summed E-state index contributed by atoms with van der Waals surface area (Å²) in [6.07, 6.45) is 5.28. The average Bonchev–Trinajstić information content (AvgIpc) is 3.34. The van der Waals surface area contributed by atoms with Gasteiger partial charge in [-0.15, -0.1) is 5.10 Å². The Hall–Kier alpha value is -2.53. The van der Waals surface area contributed by atoms with E-state index in [0.717, 1.165) is 19.3 Å². The molecule has 0 bridgehead atoms. The van der Waals surface area contributed by atoms with Crippen molar-refractivity contribution in [2.45, 2.75) is 57.7 Å². The number of amides is 3. The highest BCUT2D eigenvalue weighted by Gasteiger charge is 2.36. The van der Waals surface area contributed by atoms with Gasteiger partial charge in [-0.25, -0.2) is 4.68 Å². The summed E-state index contributed by atoms with van der Waals surface area (Å²) in [6, 6.07) is 0. The van der Waals surface area contributed by atoms with Gasteiger partial charge in [0.1, 0.15) is 12.2 Å². The molecule has 0 spiro atoms. The zero-order valence-corrected chi connectivity index (χ0v) is 16.8. The van der Waals surface area contributed by atoms with Crippen LogP contribution in [-0.2, 0) is 32.3 Å². The van der Waals surface area contributed by atoms with Crippen LogP contribution in [0.2, 0.25) is 0 Å². The number of hydrogen-bond acceptors (Lipinski definition) is 7. The minimum Gasteiger partial charge on any atom is -0.390 e. The van der Waals surface area contributed by atoms with Crippen LogP contribution in [0.25, 0.3) is 0 Å². The molecule has 11 heteroatoms. The molecule has 29 heavy (non-hydrogen) atoms. The van der Waals surface area contributed by atoms with Gasteiger partial charge in [0.2, 0.25) is 17.7 Å². The van der Waals surface area contributed by atoms with Crippen molar-refractivity contribution < 1.29 is 24.2 Å². The van der Waals surface area contributed by atoms with Gasteiger partial charge in [-0.05, 0) is 12.8 Å². The number of carbonyl (C=O) groups excluding carboxylic acids is 3. The van der Waals surface area contributed by atoms with Gasteiger partial charge in [0.05, 0.1) is 31.5 Å². The first kappa shape index (κ1) is 22.8. The molecule has 0 aromatic carbocycles. The lowest BCUT2D eigenvalue weighted by molar-refractivity contribution is -0.126. The minimum atomic E-state index is -0.710. The molecule has 1 aliphatic heterocycles. The number of nitrogens with one attached hydrogen (secondary N) is 3. The van der Waals surface area contributed by atoms with Crippen molar-refractivity contribution in [3.05, 3.63) is 11.9 Å². The molecule has 1 saturated heterocycles. The first-order chi connectivity index (χ1) is 14.0. The number of aliphatic hydroxyl groups excluding tert-OH is 1. The van der Waals surface area contributed by atoms with Crippen molar-refractivity contribution in [3.8, 4) is 0 Å². The Bertz CT molecular complexity index is 686. The predicted octanol–water partition coefficient (Wildman–Crippen LogP) is -1.14. The molecule has 1 aromatic rings. The average molecular weight is 410 g/mol. The molecule has 2 heterocycles. The van der Waals surface area contributed by atoms with Crippen LogP contribution in [0.5, 0.6) is 0 Å². The Morgan fingerprint density at radius 1 is 1.24 bits per heavy atom. The summed E-state index contributed by atoms with van der Waals surface area (Å²) < 4.78 is 6.75. The van der Waals surface area contributed by atoms with Crippen molar-refractivity contribution in [1.29, 1.82) is 0 Å². The van der Waals surface area contributed by atoms with Crippen LogP contribution in [0.3, 0.4) is 0 Å². The standard InChI is InChI=1S/C18H30N6O5/c1-2-3-4-5-15(26)19-8-16(27)20-12-18(6-7-29-13-18)21-17(28)10-24-9-14(11-25)22-23-24/h9,25H,2-8,10-13H2,1H3,(H,19,26)(H,20,27)(H,21,28). The molecule has 1 unspecified atom stereocenters. The number of ether oxygens (including phenoxy) is 1. The molecule has 1 aliphatic rings. The third-order valence-corrected chi connectivity index (χ3v) is 4.64. The molecule has 0 saturated carbocycles. The number of aliphatic hydroxyl groups is 1. The van der Waals surface area contributed by atoms with Gasteiger partial charge in [0, 0.05) is 19.6 Å². The summed E-state index contributed by atoms with van der Waals surface area (Å²) in [6.45, 7) is 2.60. The molecule has 1 fully saturated rings. The molecule has 162 valence electrons. The molecule has 11 nitrogen and oxygen atoms in total. The van der Waals surface area contributed by atoms with E-state index in [0.29, 0.717) is 25.1 Å². The third-order valence-electron chi connectivity index (χ3n) is 4.64. The van der Waals surface area contributed by atoms with Crippen LogP contribution >= 0.6 is 0 Å². The van der Waals surface area contributed by atoms with E-state index in [2.05, 4.69) is 33.2 Å². The summed E-state index contributed by atoms with van der Waals surface area (Å²) in [4.78, 5) is 36.1. The maximum Gasteiger partial charge on any atom is 0.242 e. The lowest BCUT2D eigenvalue weighted by Crippen LogP contribution is -2.57. The van der Waals surface area contributed by atoms with Gasteiger partial charge >= 0.3 is 0 Å². The largest absolute Gasteiger partial charge is 0.390 e. The van der Waals surface area contributed by atoms with E-state index in [1.165, 1.54) is 10.9 Å². The number of aromatic nitrogens is 3. The summed E-state index contributed by atoms with van der Waals surface area (Å²) in [5.41, 5.74) is -0.334. The molecule has 1 atom stereocenters. The molecular formula is C18H30N6O5. The summed E-state index contributed by atoms with van der Waals surface area (Å²) in [7, 11) is 0. The van der Waals surface area contributed by atoms with E-state index in [1.807, 2.05) is 0 Å². The maximum absolute atomic E-state index is 12.4. The van der Waals surface area contributed by atoms with Crippen LogP contribution < -0.4 is 16.0 Å². The number of carbonyl (C=O) groups is 3. The maximum atomic E-state index is 12.4. The van der Waals surface area contributed by atoms with Gasteiger partial charge in [-0.2, -0.15) is 0 Å². The van der Waals surface area contributed by atoms with E-state index in [-0.39, 0.29) is 50.6 Å². The predicted molar refractivity (Wildman–Crippen MR) is 102 cm³/mol. The second-order valence-electron chi connectivity index (χ2n) is 7.21.